The number of nitrogens with zero attached hydrogens (tertiary/aromatic N) is 3. The van der Waals surface area contributed by atoms with E-state index in [4.69, 9.17) is 0 Å². The summed E-state index contributed by atoms with van der Waals surface area (Å²) in [5.74, 6) is -1.51. The van der Waals surface area contributed by atoms with E-state index < -0.39 is 28.7 Å². The number of rotatable bonds is 12. The van der Waals surface area contributed by atoms with Gasteiger partial charge in [0.2, 0.25) is 17.7 Å². The maximum Gasteiger partial charge on any atom is 0.247 e. The zero-order valence-corrected chi connectivity index (χ0v) is 22.7. The SMILES string of the molecule is C=CCN(CCCC)C(=O)C1N([C@H](C)CO)C(=O)[C@@H]2[C@@H](C(=O)N(CC=C)c3ccccc3)[C@H]3CCC12S3. The van der Waals surface area contributed by atoms with Gasteiger partial charge in [-0.25, -0.2) is 0 Å². The largest absolute Gasteiger partial charge is 0.394 e. The van der Waals surface area contributed by atoms with Crippen molar-refractivity contribution in [1.82, 2.24) is 9.80 Å². The van der Waals surface area contributed by atoms with Crippen LogP contribution in [0.5, 0.6) is 0 Å². The summed E-state index contributed by atoms with van der Waals surface area (Å²) in [5.41, 5.74) is 0.768. The topological polar surface area (TPSA) is 81.2 Å². The molecule has 3 heterocycles. The minimum absolute atomic E-state index is 0.0251. The molecule has 1 N–H and O–H groups in total. The van der Waals surface area contributed by atoms with Gasteiger partial charge < -0.3 is 19.8 Å². The molecule has 4 rings (SSSR count). The normalized spacial score (nSPS) is 28.6. The number of thioether (sulfide) groups is 1. The molecule has 0 saturated carbocycles. The molecule has 1 spiro atoms. The van der Waals surface area contributed by atoms with Gasteiger partial charge in [0.15, 0.2) is 0 Å². The first-order valence-electron chi connectivity index (χ1n) is 13.3. The number of aliphatic hydroxyl groups is 1. The molecule has 2 bridgehead atoms. The molecule has 2 unspecified atom stereocenters. The second-order valence-corrected chi connectivity index (χ2v) is 11.9. The Morgan fingerprint density at radius 3 is 2.54 bits per heavy atom. The lowest BCUT2D eigenvalue weighted by atomic mass is 9.70. The molecule has 7 nitrogen and oxygen atoms in total. The van der Waals surface area contributed by atoms with Crippen LogP contribution in [0.3, 0.4) is 0 Å². The Labute approximate surface area is 224 Å². The van der Waals surface area contributed by atoms with Gasteiger partial charge in [-0.15, -0.1) is 24.9 Å². The molecule has 0 aromatic heterocycles. The van der Waals surface area contributed by atoms with Gasteiger partial charge in [-0.1, -0.05) is 43.7 Å². The molecule has 8 heteroatoms. The number of fused-ring (bicyclic) bond motifs is 1. The van der Waals surface area contributed by atoms with Gasteiger partial charge in [-0.2, -0.15) is 0 Å². The summed E-state index contributed by atoms with van der Waals surface area (Å²) < 4.78 is -0.676. The molecule has 1 aromatic carbocycles. The van der Waals surface area contributed by atoms with E-state index >= 15 is 0 Å². The second-order valence-electron chi connectivity index (χ2n) is 10.3. The molecule has 3 amide bonds. The Balaban J connectivity index is 1.74. The van der Waals surface area contributed by atoms with Crippen molar-refractivity contribution < 1.29 is 19.5 Å². The quantitative estimate of drug-likeness (QED) is 0.423. The summed E-state index contributed by atoms with van der Waals surface area (Å²) in [6.45, 7) is 12.6. The maximum atomic E-state index is 14.2. The van der Waals surface area contributed by atoms with Gasteiger partial charge in [0, 0.05) is 30.6 Å². The Bertz CT molecular complexity index is 1030. The zero-order valence-electron chi connectivity index (χ0n) is 21.9. The molecule has 6 atom stereocenters. The molecule has 200 valence electrons. The maximum absolute atomic E-state index is 14.2. The Morgan fingerprint density at radius 1 is 1.22 bits per heavy atom. The lowest BCUT2D eigenvalue weighted by molar-refractivity contribution is -0.145. The highest BCUT2D eigenvalue weighted by Crippen LogP contribution is 2.67. The number of para-hydroxylation sites is 1. The van der Waals surface area contributed by atoms with E-state index in [0.29, 0.717) is 26.1 Å². The summed E-state index contributed by atoms with van der Waals surface area (Å²) >= 11 is 1.66. The standard InChI is InChI=1S/C29H39N3O4S/c1-5-8-18-30(16-6-2)28(36)25-29-15-14-22(37-29)23(24(29)27(35)32(25)20(4)19-33)26(34)31(17-7-3)21-12-10-9-11-13-21/h6-7,9-13,20,22-25,33H,2-3,5,8,14-19H2,1,4H3/t20-,22-,23+,24+,25?,29?/m1/s1. The number of anilines is 1. The number of carbonyl (C=O) groups is 3. The van der Waals surface area contributed by atoms with Crippen molar-refractivity contribution in [3.05, 3.63) is 55.6 Å². The second kappa shape index (κ2) is 11.4. The summed E-state index contributed by atoms with van der Waals surface area (Å²) in [6, 6.07) is 8.23. The van der Waals surface area contributed by atoms with Gasteiger partial charge in [-0.05, 0) is 38.3 Å². The van der Waals surface area contributed by atoms with Crippen LogP contribution in [-0.4, -0.2) is 80.9 Å². The fourth-order valence-corrected chi connectivity index (χ4v) is 8.62. The third-order valence-corrected chi connectivity index (χ3v) is 10.0. The van der Waals surface area contributed by atoms with E-state index in [2.05, 4.69) is 20.1 Å². The van der Waals surface area contributed by atoms with Crippen molar-refractivity contribution in [1.29, 1.82) is 0 Å². The van der Waals surface area contributed by atoms with Crippen LogP contribution >= 0.6 is 11.8 Å². The van der Waals surface area contributed by atoms with Crippen molar-refractivity contribution >= 4 is 35.2 Å². The molecule has 3 aliphatic heterocycles. The molecule has 0 aliphatic carbocycles. The smallest absolute Gasteiger partial charge is 0.247 e. The van der Waals surface area contributed by atoms with Crippen molar-refractivity contribution in [3.8, 4) is 0 Å². The molecule has 3 aliphatic rings. The minimum atomic E-state index is -0.707. The number of aliphatic hydroxyl groups excluding tert-OH is 1. The minimum Gasteiger partial charge on any atom is -0.394 e. The average Bonchev–Trinajstić information content (AvgIpc) is 3.56. The first-order chi connectivity index (χ1) is 17.9. The molecule has 0 radical (unpaired) electrons. The van der Waals surface area contributed by atoms with Gasteiger partial charge in [-0.3, -0.25) is 14.4 Å². The van der Waals surface area contributed by atoms with Crippen LogP contribution in [0.25, 0.3) is 0 Å². The third-order valence-electron chi connectivity index (χ3n) is 8.08. The van der Waals surface area contributed by atoms with E-state index in [-0.39, 0.29) is 29.6 Å². The molecular formula is C29H39N3O4S. The highest BCUT2D eigenvalue weighted by Gasteiger charge is 2.74. The van der Waals surface area contributed by atoms with Crippen molar-refractivity contribution in [2.45, 2.75) is 61.6 Å². The Kier molecular flexibility index (Phi) is 8.49. The highest BCUT2D eigenvalue weighted by molar-refractivity contribution is 8.02. The van der Waals surface area contributed by atoms with Crippen LogP contribution in [0.4, 0.5) is 5.69 Å². The predicted octanol–water partition coefficient (Wildman–Crippen LogP) is 3.49. The average molecular weight is 526 g/mol. The van der Waals surface area contributed by atoms with E-state index in [9.17, 15) is 19.5 Å². The van der Waals surface area contributed by atoms with Crippen molar-refractivity contribution in [3.63, 3.8) is 0 Å². The summed E-state index contributed by atoms with van der Waals surface area (Å²) in [6.07, 6.45) is 6.71. The first kappa shape index (κ1) is 27.5. The van der Waals surface area contributed by atoms with E-state index in [0.717, 1.165) is 24.9 Å². The van der Waals surface area contributed by atoms with Crippen LogP contribution in [0.15, 0.2) is 55.6 Å². The predicted molar refractivity (Wildman–Crippen MR) is 148 cm³/mol. The summed E-state index contributed by atoms with van der Waals surface area (Å²) in [4.78, 5) is 47.5. The zero-order chi connectivity index (χ0) is 26.7. The molecular weight excluding hydrogens is 486 g/mol. The summed E-state index contributed by atoms with van der Waals surface area (Å²) in [7, 11) is 0. The number of amides is 3. The van der Waals surface area contributed by atoms with Gasteiger partial charge >= 0.3 is 0 Å². The number of hydrogen-bond donors (Lipinski definition) is 1. The first-order valence-corrected chi connectivity index (χ1v) is 14.2. The van der Waals surface area contributed by atoms with Gasteiger partial charge in [0.25, 0.3) is 0 Å². The van der Waals surface area contributed by atoms with Gasteiger partial charge in [0.05, 0.1) is 29.2 Å². The number of carbonyl (C=O) groups excluding carboxylic acids is 3. The number of unbranched alkanes of at least 4 members (excludes halogenated alkanes) is 1. The van der Waals surface area contributed by atoms with Crippen LogP contribution in [0, 0.1) is 11.8 Å². The van der Waals surface area contributed by atoms with Gasteiger partial charge in [0.1, 0.15) is 6.04 Å². The van der Waals surface area contributed by atoms with Crippen LogP contribution in [0.1, 0.15) is 39.5 Å². The van der Waals surface area contributed by atoms with Crippen molar-refractivity contribution in [2.24, 2.45) is 11.8 Å². The van der Waals surface area contributed by atoms with E-state index in [1.54, 1.807) is 45.5 Å². The molecule has 3 saturated heterocycles. The van der Waals surface area contributed by atoms with E-state index in [1.165, 1.54) is 0 Å². The van der Waals surface area contributed by atoms with Crippen LogP contribution in [-0.2, 0) is 14.4 Å². The monoisotopic (exact) mass is 525 g/mol. The van der Waals surface area contributed by atoms with Crippen LogP contribution < -0.4 is 4.90 Å². The van der Waals surface area contributed by atoms with Crippen molar-refractivity contribution in [2.75, 3.05) is 31.1 Å². The number of likely N-dealkylation sites (tertiary alicyclic amines) is 1. The number of hydrogen-bond acceptors (Lipinski definition) is 5. The fraction of sp³-hybridized carbons (Fsp3) is 0.552. The fourth-order valence-electron chi connectivity index (χ4n) is 6.42. The third kappa shape index (κ3) is 4.63. The number of benzene rings is 1. The highest BCUT2D eigenvalue weighted by atomic mass is 32.2. The molecule has 3 fully saturated rings. The van der Waals surface area contributed by atoms with E-state index in [1.807, 2.05) is 30.3 Å². The lowest BCUT2D eigenvalue weighted by Gasteiger charge is -2.39. The molecule has 1 aromatic rings. The lowest BCUT2D eigenvalue weighted by Crippen LogP contribution is -2.57. The Hall–Kier alpha value is -2.58. The summed E-state index contributed by atoms with van der Waals surface area (Å²) in [5, 5.41) is 10.1. The molecule has 37 heavy (non-hydrogen) atoms. The Morgan fingerprint density at radius 2 is 1.92 bits per heavy atom. The van der Waals surface area contributed by atoms with Crippen LogP contribution in [0.2, 0.25) is 0 Å².